The van der Waals surface area contributed by atoms with Gasteiger partial charge in [-0.1, -0.05) is 0 Å². The van der Waals surface area contributed by atoms with Gasteiger partial charge in [0.1, 0.15) is 18.2 Å². The van der Waals surface area contributed by atoms with Crippen LogP contribution in [0, 0.1) is 0 Å². The number of hydrogen-bond acceptors (Lipinski definition) is 8. The first-order valence-corrected chi connectivity index (χ1v) is 8.05. The zero-order valence-corrected chi connectivity index (χ0v) is 13.8. The Morgan fingerprint density at radius 3 is 2.92 bits per heavy atom. The third-order valence-electron chi connectivity index (χ3n) is 2.89. The van der Waals surface area contributed by atoms with Crippen LogP contribution in [0.4, 0.5) is 0 Å². The number of nitrogens with zero attached hydrogens (tertiary/aromatic N) is 2. The van der Waals surface area contributed by atoms with Crippen LogP contribution in [-0.4, -0.2) is 54.8 Å². The number of nitrogens with one attached hydrogen (secondary N) is 3. The molecule has 0 radical (unpaired) electrons. The fraction of sp³-hybridized carbons (Fsp3) is 0.357. The second-order valence-corrected chi connectivity index (χ2v) is 5.61. The molecule has 128 valence electrons. The average Bonchev–Trinajstić information content (AvgIpc) is 3.24. The zero-order chi connectivity index (χ0) is 17.4. The standard InChI is InChI=1S/C14H17N5O4S/c1-15-3-2-12-18-10(8-24-12)14-19-9(7-23-14)13(22)17-6-11(21)16-4-5-20/h5,7-8,15H,2-4,6H2,1H3,(H,16,21)(H,17,22). The van der Waals surface area contributed by atoms with Crippen LogP contribution in [0.1, 0.15) is 15.5 Å². The number of carbonyl (C=O) groups is 3. The smallest absolute Gasteiger partial charge is 0.273 e. The van der Waals surface area contributed by atoms with Gasteiger partial charge in [-0.3, -0.25) is 9.59 Å². The molecule has 0 bridgehead atoms. The van der Waals surface area contributed by atoms with Gasteiger partial charge in [-0.25, -0.2) is 9.97 Å². The maximum atomic E-state index is 11.9. The number of amides is 2. The van der Waals surface area contributed by atoms with Crippen molar-refractivity contribution in [3.8, 4) is 11.6 Å². The summed E-state index contributed by atoms with van der Waals surface area (Å²) >= 11 is 1.49. The van der Waals surface area contributed by atoms with Gasteiger partial charge < -0.3 is 25.2 Å². The van der Waals surface area contributed by atoms with E-state index < -0.39 is 11.8 Å². The summed E-state index contributed by atoms with van der Waals surface area (Å²) in [6.07, 6.45) is 2.56. The zero-order valence-electron chi connectivity index (χ0n) is 13.0. The molecule has 0 fully saturated rings. The molecule has 9 nitrogen and oxygen atoms in total. The molecule has 0 aliphatic carbocycles. The maximum Gasteiger partial charge on any atom is 0.273 e. The molecular weight excluding hydrogens is 334 g/mol. The Balaban J connectivity index is 1.92. The summed E-state index contributed by atoms with van der Waals surface area (Å²) in [5.74, 6) is -0.762. The fourth-order valence-electron chi connectivity index (χ4n) is 1.72. The lowest BCUT2D eigenvalue weighted by Crippen LogP contribution is -2.37. The summed E-state index contributed by atoms with van der Waals surface area (Å²) in [5.41, 5.74) is 0.617. The molecule has 2 rings (SSSR count). The van der Waals surface area contributed by atoms with E-state index in [9.17, 15) is 14.4 Å². The van der Waals surface area contributed by atoms with Gasteiger partial charge in [0.15, 0.2) is 5.69 Å². The minimum Gasteiger partial charge on any atom is -0.442 e. The first-order valence-electron chi connectivity index (χ1n) is 7.17. The van der Waals surface area contributed by atoms with Crippen LogP contribution < -0.4 is 16.0 Å². The first-order chi connectivity index (χ1) is 11.6. The van der Waals surface area contributed by atoms with E-state index in [0.717, 1.165) is 18.0 Å². The molecule has 3 N–H and O–H groups in total. The molecule has 2 amide bonds. The summed E-state index contributed by atoms with van der Waals surface area (Å²) in [6.45, 7) is 0.473. The number of aldehydes is 1. The number of likely N-dealkylation sites (N-methyl/N-ethyl adjacent to an activating group) is 1. The highest BCUT2D eigenvalue weighted by Gasteiger charge is 2.16. The Bertz CT molecular complexity index is 712. The first kappa shape index (κ1) is 17.8. The Hall–Kier alpha value is -2.59. The molecule has 24 heavy (non-hydrogen) atoms. The van der Waals surface area contributed by atoms with E-state index in [1.54, 1.807) is 0 Å². The summed E-state index contributed by atoms with van der Waals surface area (Å²) < 4.78 is 5.27. The largest absolute Gasteiger partial charge is 0.442 e. The summed E-state index contributed by atoms with van der Waals surface area (Å²) in [7, 11) is 1.87. The lowest BCUT2D eigenvalue weighted by atomic mass is 10.4. The molecular formula is C14H17N5O4S. The Labute approximate surface area is 141 Å². The van der Waals surface area contributed by atoms with Crippen molar-refractivity contribution in [1.29, 1.82) is 0 Å². The van der Waals surface area contributed by atoms with Crippen LogP contribution in [0.5, 0.6) is 0 Å². The van der Waals surface area contributed by atoms with Crippen LogP contribution >= 0.6 is 11.3 Å². The number of rotatable bonds is 9. The fourth-order valence-corrected chi connectivity index (χ4v) is 2.49. The summed E-state index contributed by atoms with van der Waals surface area (Å²) in [5, 5.41) is 10.5. The molecule has 0 aliphatic rings. The van der Waals surface area contributed by atoms with Crippen molar-refractivity contribution in [2.24, 2.45) is 0 Å². The van der Waals surface area contributed by atoms with E-state index in [2.05, 4.69) is 25.9 Å². The minimum absolute atomic E-state index is 0.0537. The van der Waals surface area contributed by atoms with E-state index in [4.69, 9.17) is 4.42 Å². The van der Waals surface area contributed by atoms with Crippen molar-refractivity contribution < 1.29 is 18.8 Å². The number of aromatic nitrogens is 2. The molecule has 10 heteroatoms. The number of carbonyl (C=O) groups excluding carboxylic acids is 3. The minimum atomic E-state index is -0.545. The third-order valence-corrected chi connectivity index (χ3v) is 3.80. The van der Waals surface area contributed by atoms with Crippen molar-refractivity contribution in [3.05, 3.63) is 22.3 Å². The third kappa shape index (κ3) is 4.96. The van der Waals surface area contributed by atoms with Gasteiger partial charge in [0.25, 0.3) is 5.91 Å². The number of oxazole rings is 1. The topological polar surface area (TPSA) is 126 Å². The maximum absolute atomic E-state index is 11.9. The van der Waals surface area contributed by atoms with E-state index in [-0.39, 0.29) is 24.7 Å². The van der Waals surface area contributed by atoms with Crippen molar-refractivity contribution in [2.45, 2.75) is 6.42 Å². The molecule has 0 saturated heterocycles. The van der Waals surface area contributed by atoms with Gasteiger partial charge in [-0.05, 0) is 7.05 Å². The molecule has 0 unspecified atom stereocenters. The lowest BCUT2D eigenvalue weighted by molar-refractivity contribution is -0.121. The average molecular weight is 351 g/mol. The molecule has 0 atom stereocenters. The van der Waals surface area contributed by atoms with Gasteiger partial charge in [-0.2, -0.15) is 0 Å². The van der Waals surface area contributed by atoms with E-state index >= 15 is 0 Å². The van der Waals surface area contributed by atoms with Crippen molar-refractivity contribution in [1.82, 2.24) is 25.9 Å². The summed E-state index contributed by atoms with van der Waals surface area (Å²) in [6, 6.07) is 0. The van der Waals surface area contributed by atoms with Crippen LogP contribution in [0.25, 0.3) is 11.6 Å². The van der Waals surface area contributed by atoms with Crippen molar-refractivity contribution in [2.75, 3.05) is 26.7 Å². The molecule has 0 aromatic carbocycles. The predicted octanol–water partition coefficient (Wildman–Crippen LogP) is -0.395. The molecule has 2 heterocycles. The van der Waals surface area contributed by atoms with Crippen LogP contribution in [0.2, 0.25) is 0 Å². The van der Waals surface area contributed by atoms with Crippen LogP contribution in [0.3, 0.4) is 0 Å². The normalized spacial score (nSPS) is 10.4. The Kier molecular flexibility index (Phi) is 6.58. The number of thiazole rings is 1. The van der Waals surface area contributed by atoms with E-state index in [1.807, 2.05) is 12.4 Å². The second kappa shape index (κ2) is 8.89. The lowest BCUT2D eigenvalue weighted by Gasteiger charge is -2.02. The predicted molar refractivity (Wildman–Crippen MR) is 86.6 cm³/mol. The van der Waals surface area contributed by atoms with Crippen LogP contribution in [-0.2, 0) is 16.0 Å². The molecule has 0 aliphatic heterocycles. The van der Waals surface area contributed by atoms with E-state index in [0.29, 0.717) is 12.0 Å². The molecule has 0 spiro atoms. The summed E-state index contributed by atoms with van der Waals surface area (Å²) in [4.78, 5) is 41.8. The van der Waals surface area contributed by atoms with Gasteiger partial charge in [0, 0.05) is 18.3 Å². The Morgan fingerprint density at radius 2 is 2.17 bits per heavy atom. The van der Waals surface area contributed by atoms with Crippen molar-refractivity contribution in [3.63, 3.8) is 0 Å². The highest BCUT2D eigenvalue weighted by Crippen LogP contribution is 2.21. The van der Waals surface area contributed by atoms with Gasteiger partial charge in [0.2, 0.25) is 11.8 Å². The number of hydrogen-bond donors (Lipinski definition) is 3. The molecule has 2 aromatic rings. The highest BCUT2D eigenvalue weighted by atomic mass is 32.1. The van der Waals surface area contributed by atoms with E-state index in [1.165, 1.54) is 17.6 Å². The molecule has 0 saturated carbocycles. The second-order valence-electron chi connectivity index (χ2n) is 4.67. The van der Waals surface area contributed by atoms with Gasteiger partial charge >= 0.3 is 0 Å². The SMILES string of the molecule is CNCCc1nc(-c2nc(C(=O)NCC(=O)NCC=O)co2)cs1. The van der Waals surface area contributed by atoms with Crippen molar-refractivity contribution >= 4 is 29.4 Å². The highest BCUT2D eigenvalue weighted by molar-refractivity contribution is 7.09. The molecule has 2 aromatic heterocycles. The quantitative estimate of drug-likeness (QED) is 0.525. The monoisotopic (exact) mass is 351 g/mol. The van der Waals surface area contributed by atoms with Gasteiger partial charge in [-0.15, -0.1) is 11.3 Å². The van der Waals surface area contributed by atoms with Gasteiger partial charge in [0.05, 0.1) is 18.1 Å². The Morgan fingerprint density at radius 1 is 1.33 bits per heavy atom. The van der Waals surface area contributed by atoms with Crippen LogP contribution in [0.15, 0.2) is 16.1 Å².